The summed E-state index contributed by atoms with van der Waals surface area (Å²) in [5, 5.41) is 5.66. The Balaban J connectivity index is 1.62. The molecule has 0 heterocycles. The second-order valence-electron chi connectivity index (χ2n) is 7.08. The minimum atomic E-state index is -0.288. The topological polar surface area (TPSA) is 67.4 Å². The number of amides is 2. The standard InChI is InChI=1S/C24H23BrN2O3/c1-15-11-17(3)23(21(25)12-15)30-14-22(28)26-18-8-6-9-19(13-18)27-24(29)20-10-5-4-7-16(20)2/h4-13H,14H2,1-3H3,(H,26,28)(H,27,29). The molecule has 0 aromatic heterocycles. The van der Waals surface area contributed by atoms with Crippen molar-refractivity contribution in [1.29, 1.82) is 0 Å². The molecule has 0 saturated heterocycles. The van der Waals surface area contributed by atoms with Crippen LogP contribution in [-0.4, -0.2) is 18.4 Å². The fourth-order valence-corrected chi connectivity index (χ4v) is 3.91. The van der Waals surface area contributed by atoms with Crippen LogP contribution in [0.1, 0.15) is 27.0 Å². The lowest BCUT2D eigenvalue weighted by atomic mass is 10.1. The van der Waals surface area contributed by atoms with E-state index in [0.29, 0.717) is 22.7 Å². The Morgan fingerprint density at radius 3 is 2.27 bits per heavy atom. The number of carbonyl (C=O) groups is 2. The molecule has 0 aliphatic rings. The molecular formula is C24H23BrN2O3. The van der Waals surface area contributed by atoms with Gasteiger partial charge in [-0.25, -0.2) is 0 Å². The first kappa shape index (κ1) is 21.6. The molecule has 0 bridgehead atoms. The summed E-state index contributed by atoms with van der Waals surface area (Å²) < 4.78 is 6.51. The van der Waals surface area contributed by atoms with Gasteiger partial charge < -0.3 is 15.4 Å². The molecule has 6 heteroatoms. The number of carbonyl (C=O) groups excluding carboxylic acids is 2. The molecule has 3 aromatic carbocycles. The van der Waals surface area contributed by atoms with Gasteiger partial charge in [0.25, 0.3) is 11.8 Å². The Labute approximate surface area is 184 Å². The average molecular weight is 467 g/mol. The van der Waals surface area contributed by atoms with Gasteiger partial charge in [0.15, 0.2) is 6.61 Å². The van der Waals surface area contributed by atoms with E-state index in [2.05, 4.69) is 26.6 Å². The molecule has 5 nitrogen and oxygen atoms in total. The molecular weight excluding hydrogens is 444 g/mol. The SMILES string of the molecule is Cc1cc(C)c(OCC(=O)Nc2cccc(NC(=O)c3ccccc3C)c2)c(Br)c1. The van der Waals surface area contributed by atoms with Crippen molar-refractivity contribution in [1.82, 2.24) is 0 Å². The molecule has 154 valence electrons. The summed E-state index contributed by atoms with van der Waals surface area (Å²) in [5.74, 6) is 0.166. The third-order valence-electron chi connectivity index (χ3n) is 4.52. The summed E-state index contributed by atoms with van der Waals surface area (Å²) in [6, 6.07) is 18.3. The minimum Gasteiger partial charge on any atom is -0.482 e. The highest BCUT2D eigenvalue weighted by Crippen LogP contribution is 2.30. The molecule has 2 N–H and O–H groups in total. The first-order valence-corrected chi connectivity index (χ1v) is 10.3. The van der Waals surface area contributed by atoms with Crippen molar-refractivity contribution in [2.24, 2.45) is 0 Å². The Hall–Kier alpha value is -3.12. The molecule has 0 unspecified atom stereocenters. The van der Waals surface area contributed by atoms with Crippen LogP contribution in [0, 0.1) is 20.8 Å². The van der Waals surface area contributed by atoms with Crippen molar-refractivity contribution in [2.45, 2.75) is 20.8 Å². The molecule has 0 atom stereocenters. The Morgan fingerprint density at radius 1 is 0.867 bits per heavy atom. The molecule has 0 spiro atoms. The molecule has 0 fully saturated rings. The monoisotopic (exact) mass is 466 g/mol. The Bertz CT molecular complexity index is 1070. The van der Waals surface area contributed by atoms with Gasteiger partial charge in [0.1, 0.15) is 5.75 Å². The lowest BCUT2D eigenvalue weighted by Gasteiger charge is -2.13. The highest BCUT2D eigenvalue weighted by Gasteiger charge is 2.11. The highest BCUT2D eigenvalue weighted by molar-refractivity contribution is 9.10. The number of hydrogen-bond acceptors (Lipinski definition) is 3. The highest BCUT2D eigenvalue weighted by atomic mass is 79.9. The van der Waals surface area contributed by atoms with Crippen LogP contribution in [-0.2, 0) is 4.79 Å². The van der Waals surface area contributed by atoms with Gasteiger partial charge in [-0.1, -0.05) is 30.3 Å². The van der Waals surface area contributed by atoms with Gasteiger partial charge in [0, 0.05) is 16.9 Å². The normalized spacial score (nSPS) is 10.4. The maximum Gasteiger partial charge on any atom is 0.262 e. The third kappa shape index (κ3) is 5.48. The lowest BCUT2D eigenvalue weighted by Crippen LogP contribution is -2.20. The van der Waals surface area contributed by atoms with Crippen molar-refractivity contribution in [3.63, 3.8) is 0 Å². The summed E-state index contributed by atoms with van der Waals surface area (Å²) in [4.78, 5) is 24.8. The zero-order valence-electron chi connectivity index (χ0n) is 17.1. The molecule has 0 saturated carbocycles. The number of nitrogens with one attached hydrogen (secondary N) is 2. The maximum absolute atomic E-state index is 12.5. The van der Waals surface area contributed by atoms with Gasteiger partial charge >= 0.3 is 0 Å². The van der Waals surface area contributed by atoms with Crippen LogP contribution in [0.5, 0.6) is 5.75 Å². The largest absolute Gasteiger partial charge is 0.482 e. The van der Waals surface area contributed by atoms with Crippen LogP contribution >= 0.6 is 15.9 Å². The molecule has 30 heavy (non-hydrogen) atoms. The van der Waals surface area contributed by atoms with E-state index in [1.54, 1.807) is 30.3 Å². The fraction of sp³-hybridized carbons (Fsp3) is 0.167. The number of rotatable bonds is 6. The van der Waals surface area contributed by atoms with Gasteiger partial charge in [-0.2, -0.15) is 0 Å². The quantitative estimate of drug-likeness (QED) is 0.493. The zero-order chi connectivity index (χ0) is 21.7. The second-order valence-corrected chi connectivity index (χ2v) is 7.93. The van der Waals surface area contributed by atoms with Crippen LogP contribution in [0.2, 0.25) is 0 Å². The van der Waals surface area contributed by atoms with Crippen LogP contribution in [0.3, 0.4) is 0 Å². The minimum absolute atomic E-state index is 0.123. The predicted molar refractivity (Wildman–Crippen MR) is 123 cm³/mol. The van der Waals surface area contributed by atoms with Crippen LogP contribution < -0.4 is 15.4 Å². The van der Waals surface area contributed by atoms with Gasteiger partial charge in [0.05, 0.1) is 4.47 Å². The van der Waals surface area contributed by atoms with Gasteiger partial charge in [0.2, 0.25) is 0 Å². The number of anilines is 2. The van der Waals surface area contributed by atoms with Crippen molar-refractivity contribution in [3.05, 3.63) is 87.4 Å². The van der Waals surface area contributed by atoms with Crippen LogP contribution in [0.15, 0.2) is 65.1 Å². The molecule has 2 amide bonds. The van der Waals surface area contributed by atoms with E-state index in [0.717, 1.165) is 21.2 Å². The number of benzene rings is 3. The maximum atomic E-state index is 12.5. The Morgan fingerprint density at radius 2 is 1.57 bits per heavy atom. The van der Waals surface area contributed by atoms with Crippen molar-refractivity contribution in [3.8, 4) is 5.75 Å². The number of halogens is 1. The van der Waals surface area contributed by atoms with E-state index < -0.39 is 0 Å². The summed E-state index contributed by atoms with van der Waals surface area (Å²) in [6.07, 6.45) is 0. The van der Waals surface area contributed by atoms with Crippen LogP contribution in [0.4, 0.5) is 11.4 Å². The molecule has 0 aliphatic heterocycles. The summed E-state index contributed by atoms with van der Waals surface area (Å²) in [7, 11) is 0. The van der Waals surface area contributed by atoms with E-state index in [1.807, 2.05) is 51.1 Å². The van der Waals surface area contributed by atoms with Gasteiger partial charge in [-0.05, 0) is 83.7 Å². The summed E-state index contributed by atoms with van der Waals surface area (Å²) in [5.41, 5.74) is 4.75. The van der Waals surface area contributed by atoms with Crippen molar-refractivity contribution >= 4 is 39.1 Å². The van der Waals surface area contributed by atoms with Crippen LogP contribution in [0.25, 0.3) is 0 Å². The average Bonchev–Trinajstić information content (AvgIpc) is 2.67. The van der Waals surface area contributed by atoms with E-state index in [-0.39, 0.29) is 18.4 Å². The second kappa shape index (κ2) is 9.59. The van der Waals surface area contributed by atoms with E-state index in [1.165, 1.54) is 0 Å². The smallest absolute Gasteiger partial charge is 0.262 e. The molecule has 0 radical (unpaired) electrons. The van der Waals surface area contributed by atoms with Crippen molar-refractivity contribution in [2.75, 3.05) is 17.2 Å². The van der Waals surface area contributed by atoms with Gasteiger partial charge in [-0.15, -0.1) is 0 Å². The summed E-state index contributed by atoms with van der Waals surface area (Å²) in [6.45, 7) is 5.70. The first-order chi connectivity index (χ1) is 14.3. The number of ether oxygens (including phenoxy) is 1. The molecule has 0 aliphatic carbocycles. The van der Waals surface area contributed by atoms with E-state index >= 15 is 0 Å². The number of aryl methyl sites for hydroxylation is 3. The zero-order valence-corrected chi connectivity index (χ0v) is 18.7. The fourth-order valence-electron chi connectivity index (χ4n) is 3.12. The molecule has 3 aromatic rings. The van der Waals surface area contributed by atoms with Gasteiger partial charge in [-0.3, -0.25) is 9.59 Å². The lowest BCUT2D eigenvalue weighted by molar-refractivity contribution is -0.118. The summed E-state index contributed by atoms with van der Waals surface area (Å²) >= 11 is 3.47. The third-order valence-corrected chi connectivity index (χ3v) is 5.10. The van der Waals surface area contributed by atoms with E-state index in [9.17, 15) is 9.59 Å². The predicted octanol–water partition coefficient (Wildman–Crippen LogP) is 5.64. The Kier molecular flexibility index (Phi) is 6.90. The molecule has 3 rings (SSSR count). The van der Waals surface area contributed by atoms with Crippen molar-refractivity contribution < 1.29 is 14.3 Å². The first-order valence-electron chi connectivity index (χ1n) is 9.50. The van der Waals surface area contributed by atoms with E-state index in [4.69, 9.17) is 4.74 Å². The number of hydrogen-bond donors (Lipinski definition) is 2.